The van der Waals surface area contributed by atoms with E-state index in [2.05, 4.69) is 6.07 Å². The molecule has 3 atom stereocenters. The molecule has 3 heteroatoms. The number of hydrogen-bond donors (Lipinski definition) is 0. The zero-order chi connectivity index (χ0) is 11.5. The minimum atomic E-state index is -0.271. The van der Waals surface area contributed by atoms with E-state index >= 15 is 0 Å². The molecule has 2 rings (SSSR count). The van der Waals surface area contributed by atoms with Gasteiger partial charge in [0.2, 0.25) is 0 Å². The zero-order valence-corrected chi connectivity index (χ0v) is 9.09. The Bertz CT molecular complexity index is 421. The van der Waals surface area contributed by atoms with E-state index in [0.29, 0.717) is 6.61 Å². The summed E-state index contributed by atoms with van der Waals surface area (Å²) in [6.07, 6.45) is 0. The minimum Gasteiger partial charge on any atom is -0.466 e. The van der Waals surface area contributed by atoms with Crippen LogP contribution in [0.1, 0.15) is 18.4 Å². The number of ether oxygens (including phenoxy) is 1. The molecule has 0 heterocycles. The fraction of sp³-hybridized carbons (Fsp3) is 0.385. The first kappa shape index (κ1) is 10.7. The number of carbonyl (C=O) groups excluding carboxylic acids is 1. The van der Waals surface area contributed by atoms with Crippen molar-refractivity contribution in [1.29, 1.82) is 5.26 Å². The van der Waals surface area contributed by atoms with E-state index in [-0.39, 0.29) is 23.7 Å². The molecule has 1 fully saturated rings. The van der Waals surface area contributed by atoms with Crippen molar-refractivity contribution in [1.82, 2.24) is 0 Å². The van der Waals surface area contributed by atoms with Crippen LogP contribution in [0.5, 0.6) is 0 Å². The molecule has 0 bridgehead atoms. The zero-order valence-electron chi connectivity index (χ0n) is 9.09. The van der Waals surface area contributed by atoms with E-state index in [9.17, 15) is 4.79 Å². The molecule has 0 amide bonds. The average molecular weight is 215 g/mol. The number of rotatable bonds is 3. The van der Waals surface area contributed by atoms with E-state index in [1.165, 1.54) is 0 Å². The minimum absolute atomic E-state index is 0.0187. The molecule has 3 unspecified atom stereocenters. The third kappa shape index (κ3) is 1.79. The van der Waals surface area contributed by atoms with Gasteiger partial charge in [0.1, 0.15) is 0 Å². The van der Waals surface area contributed by atoms with Gasteiger partial charge in [-0.3, -0.25) is 4.79 Å². The first-order valence-electron chi connectivity index (χ1n) is 5.40. The summed E-state index contributed by atoms with van der Waals surface area (Å²) in [5.41, 5.74) is 1.05. The third-order valence-corrected chi connectivity index (χ3v) is 2.91. The molecule has 0 aromatic heterocycles. The maximum Gasteiger partial charge on any atom is 0.310 e. The van der Waals surface area contributed by atoms with Crippen LogP contribution in [0.4, 0.5) is 0 Å². The molecule has 0 saturated heterocycles. The molecule has 0 N–H and O–H groups in total. The summed E-state index contributed by atoms with van der Waals surface area (Å²) in [6, 6.07) is 11.8. The average Bonchev–Trinajstić information content (AvgIpc) is 3.05. The summed E-state index contributed by atoms with van der Waals surface area (Å²) in [5.74, 6) is -0.720. The first-order chi connectivity index (χ1) is 7.79. The molecular weight excluding hydrogens is 202 g/mol. The molecule has 1 aromatic carbocycles. The highest BCUT2D eigenvalue weighted by atomic mass is 16.5. The van der Waals surface area contributed by atoms with Gasteiger partial charge in [-0.2, -0.15) is 5.26 Å². The van der Waals surface area contributed by atoms with Gasteiger partial charge < -0.3 is 4.74 Å². The molecule has 1 aliphatic rings. The van der Waals surface area contributed by atoms with E-state index in [1.807, 2.05) is 30.3 Å². The molecule has 0 aliphatic heterocycles. The van der Waals surface area contributed by atoms with E-state index < -0.39 is 0 Å². The van der Waals surface area contributed by atoms with E-state index in [4.69, 9.17) is 10.00 Å². The highest BCUT2D eigenvalue weighted by Gasteiger charge is 2.57. The number of benzene rings is 1. The lowest BCUT2D eigenvalue weighted by Gasteiger charge is -2.00. The molecule has 1 saturated carbocycles. The summed E-state index contributed by atoms with van der Waals surface area (Å²) in [7, 11) is 0. The largest absolute Gasteiger partial charge is 0.466 e. The number of esters is 1. The number of hydrogen-bond acceptors (Lipinski definition) is 3. The fourth-order valence-corrected chi connectivity index (χ4v) is 2.09. The predicted octanol–water partition coefficient (Wildman–Crippen LogP) is 2.10. The lowest BCUT2D eigenvalue weighted by molar-refractivity contribution is -0.145. The van der Waals surface area contributed by atoms with E-state index in [0.717, 1.165) is 5.56 Å². The summed E-state index contributed by atoms with van der Waals surface area (Å²) >= 11 is 0. The van der Waals surface area contributed by atoms with Gasteiger partial charge >= 0.3 is 5.97 Å². The lowest BCUT2D eigenvalue weighted by Crippen LogP contribution is -2.08. The molecule has 1 aliphatic carbocycles. The van der Waals surface area contributed by atoms with Crippen molar-refractivity contribution in [3.63, 3.8) is 0 Å². The van der Waals surface area contributed by atoms with Gasteiger partial charge in [-0.15, -0.1) is 0 Å². The SMILES string of the molecule is CCOC(=O)C1C(C#N)C1c1ccccc1. The summed E-state index contributed by atoms with van der Waals surface area (Å²) in [5, 5.41) is 8.97. The summed E-state index contributed by atoms with van der Waals surface area (Å²) in [4.78, 5) is 11.6. The topological polar surface area (TPSA) is 50.1 Å². The van der Waals surface area contributed by atoms with Crippen molar-refractivity contribution in [2.75, 3.05) is 6.61 Å². The number of carbonyl (C=O) groups is 1. The maximum absolute atomic E-state index is 11.6. The Hall–Kier alpha value is -1.82. The van der Waals surface area contributed by atoms with Gasteiger partial charge in [-0.05, 0) is 12.5 Å². The Balaban J connectivity index is 2.13. The van der Waals surface area contributed by atoms with Gasteiger partial charge in [-0.25, -0.2) is 0 Å². The maximum atomic E-state index is 11.6. The van der Waals surface area contributed by atoms with Crippen molar-refractivity contribution < 1.29 is 9.53 Å². The Labute approximate surface area is 94.6 Å². The van der Waals surface area contributed by atoms with Crippen LogP contribution >= 0.6 is 0 Å². The van der Waals surface area contributed by atoms with Crippen molar-refractivity contribution in [2.24, 2.45) is 11.8 Å². The predicted molar refractivity (Wildman–Crippen MR) is 58.4 cm³/mol. The monoisotopic (exact) mass is 215 g/mol. The Morgan fingerprint density at radius 2 is 2.12 bits per heavy atom. The van der Waals surface area contributed by atoms with Crippen LogP contribution in [0.2, 0.25) is 0 Å². The summed E-state index contributed by atoms with van der Waals surface area (Å²) in [6.45, 7) is 2.15. The molecule has 3 nitrogen and oxygen atoms in total. The quantitative estimate of drug-likeness (QED) is 0.725. The van der Waals surface area contributed by atoms with Crippen LogP contribution in [-0.4, -0.2) is 12.6 Å². The smallest absolute Gasteiger partial charge is 0.310 e. The number of nitrogens with zero attached hydrogens (tertiary/aromatic N) is 1. The van der Waals surface area contributed by atoms with Crippen LogP contribution in [0, 0.1) is 23.2 Å². The third-order valence-electron chi connectivity index (χ3n) is 2.91. The van der Waals surface area contributed by atoms with Gasteiger partial charge in [0, 0.05) is 5.92 Å². The van der Waals surface area contributed by atoms with Crippen LogP contribution in [0.3, 0.4) is 0 Å². The normalized spacial score (nSPS) is 26.9. The van der Waals surface area contributed by atoms with E-state index in [1.54, 1.807) is 6.92 Å². The van der Waals surface area contributed by atoms with Gasteiger partial charge in [-0.1, -0.05) is 30.3 Å². The van der Waals surface area contributed by atoms with Crippen LogP contribution < -0.4 is 0 Å². The molecule has 0 radical (unpaired) electrons. The molecule has 16 heavy (non-hydrogen) atoms. The number of nitriles is 1. The van der Waals surface area contributed by atoms with Crippen LogP contribution in [0.25, 0.3) is 0 Å². The Morgan fingerprint density at radius 3 is 2.69 bits per heavy atom. The molecule has 82 valence electrons. The van der Waals surface area contributed by atoms with Crippen LogP contribution in [-0.2, 0) is 9.53 Å². The highest BCUT2D eigenvalue weighted by molar-refractivity contribution is 5.79. The van der Waals surface area contributed by atoms with Gasteiger partial charge in [0.15, 0.2) is 0 Å². The molecule has 1 aromatic rings. The van der Waals surface area contributed by atoms with Crippen molar-refractivity contribution in [3.8, 4) is 6.07 Å². The Kier molecular flexibility index (Phi) is 2.91. The van der Waals surface area contributed by atoms with Crippen molar-refractivity contribution in [3.05, 3.63) is 35.9 Å². The molecule has 0 spiro atoms. The van der Waals surface area contributed by atoms with Gasteiger partial charge in [0.05, 0.1) is 24.5 Å². The second-order valence-electron chi connectivity index (χ2n) is 3.87. The summed E-state index contributed by atoms with van der Waals surface area (Å²) < 4.78 is 4.96. The molecular formula is C13H13NO2. The van der Waals surface area contributed by atoms with Crippen molar-refractivity contribution in [2.45, 2.75) is 12.8 Å². The second-order valence-corrected chi connectivity index (χ2v) is 3.87. The first-order valence-corrected chi connectivity index (χ1v) is 5.40. The standard InChI is InChI=1S/C13H13NO2/c1-2-16-13(15)12-10(8-14)11(12)9-6-4-3-5-7-9/h3-7,10-12H,2H2,1H3. The van der Waals surface area contributed by atoms with Crippen LogP contribution in [0.15, 0.2) is 30.3 Å². The second kappa shape index (κ2) is 4.36. The highest BCUT2D eigenvalue weighted by Crippen LogP contribution is 2.54. The van der Waals surface area contributed by atoms with Crippen molar-refractivity contribution >= 4 is 5.97 Å². The van der Waals surface area contributed by atoms with Gasteiger partial charge in [0.25, 0.3) is 0 Å². The fourth-order valence-electron chi connectivity index (χ4n) is 2.09. The lowest BCUT2D eigenvalue weighted by atomic mass is 10.1. The Morgan fingerprint density at radius 1 is 1.44 bits per heavy atom.